The van der Waals surface area contributed by atoms with Crippen molar-refractivity contribution < 1.29 is 19.4 Å². The Balaban J connectivity index is 3.08. The molecular weight excluding hydrogens is 344 g/mol. The van der Waals surface area contributed by atoms with E-state index in [-0.39, 0.29) is 5.96 Å². The Hall–Kier alpha value is -2.29. The number of hydrogen-bond donors (Lipinski definition) is 3. The Labute approximate surface area is 129 Å². The predicted molar refractivity (Wildman–Crippen MR) is 81.8 cm³/mol. The molecule has 0 aliphatic heterocycles. The smallest absolute Gasteiger partial charge is 0.341 e. The first-order valence-corrected chi connectivity index (χ1v) is 6.66. The highest BCUT2D eigenvalue weighted by Crippen LogP contribution is 2.36. The topological polar surface area (TPSA) is 133 Å². The van der Waals surface area contributed by atoms with Crippen LogP contribution in [0.4, 0.5) is 0 Å². The highest BCUT2D eigenvalue weighted by Gasteiger charge is 2.13. The van der Waals surface area contributed by atoms with Gasteiger partial charge < -0.3 is 26.0 Å². The molecule has 9 heteroatoms. The summed E-state index contributed by atoms with van der Waals surface area (Å²) in [5.74, 6) is -0.544. The van der Waals surface area contributed by atoms with Crippen molar-refractivity contribution in [2.75, 3.05) is 13.2 Å². The summed E-state index contributed by atoms with van der Waals surface area (Å²) in [4.78, 5) is 10.6. The van der Waals surface area contributed by atoms with Crippen molar-refractivity contribution in [3.8, 4) is 11.5 Å². The first-order valence-electron chi connectivity index (χ1n) is 5.87. The minimum Gasteiger partial charge on any atom is -0.490 e. The lowest BCUT2D eigenvalue weighted by molar-refractivity contribution is -0.139. The van der Waals surface area contributed by atoms with Gasteiger partial charge in [-0.1, -0.05) is 0 Å². The molecule has 0 atom stereocenters. The Morgan fingerprint density at radius 2 is 2.14 bits per heavy atom. The van der Waals surface area contributed by atoms with Crippen molar-refractivity contribution in [3.63, 3.8) is 0 Å². The van der Waals surface area contributed by atoms with Crippen LogP contribution in [-0.4, -0.2) is 36.5 Å². The summed E-state index contributed by atoms with van der Waals surface area (Å²) < 4.78 is 11.1. The van der Waals surface area contributed by atoms with Crippen LogP contribution in [0, 0.1) is 0 Å². The van der Waals surface area contributed by atoms with Crippen molar-refractivity contribution >= 4 is 34.1 Å². The number of carboxylic acid groups (broad SMARTS) is 1. The van der Waals surface area contributed by atoms with Crippen LogP contribution < -0.4 is 20.9 Å². The maximum Gasteiger partial charge on any atom is 0.341 e. The second-order valence-corrected chi connectivity index (χ2v) is 4.57. The van der Waals surface area contributed by atoms with Gasteiger partial charge in [0.25, 0.3) is 0 Å². The summed E-state index contributed by atoms with van der Waals surface area (Å²) in [6.45, 7) is 1.72. The molecule has 0 saturated heterocycles. The van der Waals surface area contributed by atoms with Crippen molar-refractivity contribution in [3.05, 3.63) is 22.2 Å². The van der Waals surface area contributed by atoms with Gasteiger partial charge in [0.15, 0.2) is 18.1 Å². The van der Waals surface area contributed by atoms with Crippen LogP contribution in [0.1, 0.15) is 12.5 Å². The number of carbonyl (C=O) groups is 1. The first-order chi connectivity index (χ1) is 9.93. The number of nitrogens with two attached hydrogens (primary N) is 2. The summed E-state index contributed by atoms with van der Waals surface area (Å²) in [5.41, 5.74) is 11.0. The van der Waals surface area contributed by atoms with Gasteiger partial charge in [-0.3, -0.25) is 0 Å². The zero-order valence-electron chi connectivity index (χ0n) is 11.2. The van der Waals surface area contributed by atoms with E-state index in [0.717, 1.165) is 0 Å². The Kier molecular flexibility index (Phi) is 6.47. The molecule has 1 rings (SSSR count). The van der Waals surface area contributed by atoms with Crippen molar-refractivity contribution in [1.29, 1.82) is 0 Å². The van der Waals surface area contributed by atoms with Gasteiger partial charge in [0, 0.05) is 0 Å². The lowest BCUT2D eigenvalue weighted by atomic mass is 10.2. The molecule has 0 unspecified atom stereocenters. The van der Waals surface area contributed by atoms with Gasteiger partial charge in [-0.15, -0.1) is 5.10 Å². The van der Waals surface area contributed by atoms with Gasteiger partial charge in [-0.2, -0.15) is 5.10 Å². The fourth-order valence-corrected chi connectivity index (χ4v) is 1.94. The minimum absolute atomic E-state index is 0.156. The highest BCUT2D eigenvalue weighted by atomic mass is 79.9. The largest absolute Gasteiger partial charge is 0.490 e. The number of rotatable bonds is 7. The zero-order chi connectivity index (χ0) is 15.8. The number of ether oxygens (including phenoxy) is 2. The molecule has 5 N–H and O–H groups in total. The third-order valence-electron chi connectivity index (χ3n) is 2.05. The van der Waals surface area contributed by atoms with E-state index < -0.39 is 12.6 Å². The normalized spacial score (nSPS) is 10.4. The molecule has 0 radical (unpaired) electrons. The second-order valence-electron chi connectivity index (χ2n) is 3.71. The molecule has 0 heterocycles. The van der Waals surface area contributed by atoms with Crippen LogP contribution in [0.2, 0.25) is 0 Å². The lowest BCUT2D eigenvalue weighted by Crippen LogP contribution is -2.21. The summed E-state index contributed by atoms with van der Waals surface area (Å²) in [7, 11) is 0. The maximum absolute atomic E-state index is 10.6. The van der Waals surface area contributed by atoms with Crippen LogP contribution >= 0.6 is 15.9 Å². The Bertz CT molecular complexity index is 571. The predicted octanol–water partition coefficient (Wildman–Crippen LogP) is 0.919. The molecule has 21 heavy (non-hydrogen) atoms. The van der Waals surface area contributed by atoms with Crippen LogP contribution in [0.15, 0.2) is 26.8 Å². The fourth-order valence-electron chi connectivity index (χ4n) is 1.36. The number of guanidine groups is 1. The van der Waals surface area contributed by atoms with Gasteiger partial charge in [0.2, 0.25) is 5.96 Å². The first kappa shape index (κ1) is 16.8. The molecule has 0 fully saturated rings. The second kappa shape index (κ2) is 8.10. The van der Waals surface area contributed by atoms with Crippen molar-refractivity contribution in [2.45, 2.75) is 6.92 Å². The summed E-state index contributed by atoms with van der Waals surface area (Å²) in [6, 6.07) is 3.31. The van der Waals surface area contributed by atoms with E-state index in [1.165, 1.54) is 6.21 Å². The van der Waals surface area contributed by atoms with Crippen LogP contribution in [0.5, 0.6) is 11.5 Å². The van der Waals surface area contributed by atoms with Crippen LogP contribution in [-0.2, 0) is 4.79 Å². The standard InChI is InChI=1S/C12H15BrN4O4/c1-2-20-9-4-7(5-16-17-12(14)15)3-8(13)11(9)21-6-10(18)19/h3-5H,2,6H2,1H3,(H,18,19)(H4,14,15,17). The number of carboxylic acids is 1. The molecular formula is C12H15BrN4O4. The summed E-state index contributed by atoms with van der Waals surface area (Å²) in [6.07, 6.45) is 1.42. The molecule has 0 aliphatic carbocycles. The monoisotopic (exact) mass is 358 g/mol. The van der Waals surface area contributed by atoms with Gasteiger partial charge in [0.1, 0.15) is 0 Å². The third-order valence-corrected chi connectivity index (χ3v) is 2.64. The SMILES string of the molecule is CCOc1cc(C=NN=C(N)N)cc(Br)c1OCC(=O)O. The quantitative estimate of drug-likeness (QED) is 0.377. The lowest BCUT2D eigenvalue weighted by Gasteiger charge is -2.13. The fraction of sp³-hybridized carbons (Fsp3) is 0.250. The van der Waals surface area contributed by atoms with Crippen molar-refractivity contribution in [1.82, 2.24) is 0 Å². The van der Waals surface area contributed by atoms with E-state index in [9.17, 15) is 4.79 Å². The molecule has 8 nitrogen and oxygen atoms in total. The van der Waals surface area contributed by atoms with E-state index in [4.69, 9.17) is 26.0 Å². The Morgan fingerprint density at radius 3 is 2.71 bits per heavy atom. The van der Waals surface area contributed by atoms with Crippen LogP contribution in [0.25, 0.3) is 0 Å². The average molecular weight is 359 g/mol. The van der Waals surface area contributed by atoms with E-state index in [1.807, 2.05) is 0 Å². The zero-order valence-corrected chi connectivity index (χ0v) is 12.8. The van der Waals surface area contributed by atoms with Gasteiger partial charge in [0.05, 0.1) is 17.3 Å². The highest BCUT2D eigenvalue weighted by molar-refractivity contribution is 9.10. The number of halogens is 1. The van der Waals surface area contributed by atoms with E-state index in [0.29, 0.717) is 28.1 Å². The molecule has 0 spiro atoms. The van der Waals surface area contributed by atoms with E-state index in [1.54, 1.807) is 19.1 Å². The molecule has 1 aromatic rings. The summed E-state index contributed by atoms with van der Waals surface area (Å²) in [5, 5.41) is 15.8. The number of hydrogen-bond acceptors (Lipinski definition) is 5. The molecule has 0 amide bonds. The number of benzene rings is 1. The average Bonchev–Trinajstić information content (AvgIpc) is 2.37. The molecule has 0 aromatic heterocycles. The van der Waals surface area contributed by atoms with Crippen molar-refractivity contribution in [2.24, 2.45) is 21.7 Å². The van der Waals surface area contributed by atoms with E-state index in [2.05, 4.69) is 26.1 Å². The molecule has 0 saturated carbocycles. The Morgan fingerprint density at radius 1 is 1.43 bits per heavy atom. The number of nitrogens with zero attached hydrogens (tertiary/aromatic N) is 2. The molecule has 1 aromatic carbocycles. The molecule has 114 valence electrons. The molecule has 0 aliphatic rings. The third kappa shape index (κ3) is 5.69. The summed E-state index contributed by atoms with van der Waals surface area (Å²) >= 11 is 3.29. The van der Waals surface area contributed by atoms with E-state index >= 15 is 0 Å². The minimum atomic E-state index is -1.08. The van der Waals surface area contributed by atoms with Gasteiger partial charge in [-0.05, 0) is 40.5 Å². The molecule has 0 bridgehead atoms. The number of aliphatic carboxylic acids is 1. The van der Waals surface area contributed by atoms with Crippen LogP contribution in [0.3, 0.4) is 0 Å². The van der Waals surface area contributed by atoms with Gasteiger partial charge >= 0.3 is 5.97 Å². The van der Waals surface area contributed by atoms with Gasteiger partial charge in [-0.25, -0.2) is 4.79 Å². The maximum atomic E-state index is 10.6.